The van der Waals surface area contributed by atoms with Gasteiger partial charge in [0, 0.05) is 10.2 Å². The molecule has 0 radical (unpaired) electrons. The highest BCUT2D eigenvalue weighted by atomic mass is 79.9. The van der Waals surface area contributed by atoms with Gasteiger partial charge in [-0.05, 0) is 55.0 Å². The Morgan fingerprint density at radius 3 is 2.75 bits per heavy atom. The molecular formula is C15H13BrN2OS. The fraction of sp³-hybridized carbons (Fsp3) is 0.133. The van der Waals surface area contributed by atoms with Crippen molar-refractivity contribution in [1.29, 1.82) is 0 Å². The van der Waals surface area contributed by atoms with Gasteiger partial charge >= 0.3 is 0 Å². The average molecular weight is 349 g/mol. The zero-order valence-corrected chi connectivity index (χ0v) is 13.5. The van der Waals surface area contributed by atoms with Crippen molar-refractivity contribution in [3.8, 4) is 11.4 Å². The number of benzene rings is 2. The van der Waals surface area contributed by atoms with Gasteiger partial charge in [0.05, 0.1) is 12.6 Å². The molecule has 0 amide bonds. The van der Waals surface area contributed by atoms with Gasteiger partial charge in [-0.25, -0.2) is 0 Å². The molecule has 0 aliphatic rings. The van der Waals surface area contributed by atoms with E-state index in [4.69, 9.17) is 17.0 Å². The van der Waals surface area contributed by atoms with E-state index >= 15 is 0 Å². The Morgan fingerprint density at radius 2 is 2.05 bits per heavy atom. The van der Waals surface area contributed by atoms with Crippen molar-refractivity contribution >= 4 is 39.2 Å². The summed E-state index contributed by atoms with van der Waals surface area (Å²) in [5.74, 6) is 0.793. The maximum absolute atomic E-state index is 5.46. The van der Waals surface area contributed by atoms with Crippen molar-refractivity contribution in [1.82, 2.24) is 9.55 Å². The molecule has 20 heavy (non-hydrogen) atoms. The second-order valence-corrected chi connectivity index (χ2v) is 5.79. The number of hydrogen-bond acceptors (Lipinski definition) is 2. The number of fused-ring (bicyclic) bond motifs is 1. The molecule has 3 nitrogen and oxygen atoms in total. The van der Waals surface area contributed by atoms with E-state index < -0.39 is 0 Å². The number of halogens is 1. The van der Waals surface area contributed by atoms with E-state index in [0.717, 1.165) is 26.9 Å². The molecule has 1 heterocycles. The summed E-state index contributed by atoms with van der Waals surface area (Å²) in [5, 5.41) is 0. The van der Waals surface area contributed by atoms with Gasteiger partial charge in [-0.2, -0.15) is 0 Å². The molecule has 0 bridgehead atoms. The molecule has 0 spiro atoms. The number of para-hydroxylation sites is 1. The van der Waals surface area contributed by atoms with E-state index in [-0.39, 0.29) is 0 Å². The Morgan fingerprint density at radius 1 is 1.25 bits per heavy atom. The van der Waals surface area contributed by atoms with Crippen molar-refractivity contribution in [3.63, 3.8) is 0 Å². The molecular weight excluding hydrogens is 336 g/mol. The second kappa shape index (κ2) is 5.07. The van der Waals surface area contributed by atoms with E-state index in [1.165, 1.54) is 5.56 Å². The van der Waals surface area contributed by atoms with Gasteiger partial charge in [-0.1, -0.05) is 22.0 Å². The SMILES string of the molecule is COc1cccc2c1[nH]c(=S)n2-c1ccc(Br)c(C)c1. The van der Waals surface area contributed by atoms with Gasteiger partial charge in [0.1, 0.15) is 11.3 Å². The lowest BCUT2D eigenvalue weighted by Gasteiger charge is -2.07. The Kier molecular flexibility index (Phi) is 3.40. The second-order valence-electron chi connectivity index (χ2n) is 4.55. The number of nitrogens with zero attached hydrogens (tertiary/aromatic N) is 1. The standard InChI is InChI=1S/C15H13BrN2OS/c1-9-8-10(6-7-11(9)16)18-12-4-3-5-13(19-2)14(12)17-15(18)20/h3-8H,1-2H3,(H,17,20). The smallest absolute Gasteiger partial charge is 0.182 e. The van der Waals surface area contributed by atoms with Crippen LogP contribution in [0.25, 0.3) is 16.7 Å². The van der Waals surface area contributed by atoms with Gasteiger partial charge in [0.2, 0.25) is 0 Å². The van der Waals surface area contributed by atoms with Crippen LogP contribution < -0.4 is 4.74 Å². The molecule has 0 unspecified atom stereocenters. The maximum Gasteiger partial charge on any atom is 0.182 e. The molecule has 1 aromatic heterocycles. The first-order valence-corrected chi connectivity index (χ1v) is 7.36. The van der Waals surface area contributed by atoms with Crippen LogP contribution in [0.3, 0.4) is 0 Å². The first-order valence-electron chi connectivity index (χ1n) is 6.16. The van der Waals surface area contributed by atoms with E-state index in [1.807, 2.05) is 34.9 Å². The minimum absolute atomic E-state index is 0.659. The summed E-state index contributed by atoms with van der Waals surface area (Å²) in [5.41, 5.74) is 4.13. The van der Waals surface area contributed by atoms with E-state index in [1.54, 1.807) is 7.11 Å². The summed E-state index contributed by atoms with van der Waals surface area (Å²) in [6, 6.07) is 12.1. The maximum atomic E-state index is 5.46. The van der Waals surface area contributed by atoms with Crippen LogP contribution in [0.2, 0.25) is 0 Å². The number of aryl methyl sites for hydroxylation is 1. The number of nitrogens with one attached hydrogen (secondary N) is 1. The molecule has 102 valence electrons. The molecule has 0 saturated carbocycles. The zero-order valence-electron chi connectivity index (χ0n) is 11.1. The summed E-state index contributed by atoms with van der Waals surface area (Å²) in [4.78, 5) is 3.22. The number of aromatic amines is 1. The minimum Gasteiger partial charge on any atom is -0.494 e. The van der Waals surface area contributed by atoms with Crippen molar-refractivity contribution in [3.05, 3.63) is 51.2 Å². The number of H-pyrrole nitrogens is 1. The Bertz CT molecular complexity index is 851. The molecule has 3 aromatic rings. The largest absolute Gasteiger partial charge is 0.494 e. The van der Waals surface area contributed by atoms with Crippen LogP contribution in [-0.4, -0.2) is 16.7 Å². The molecule has 2 aromatic carbocycles. The van der Waals surface area contributed by atoms with Gasteiger partial charge in [-0.3, -0.25) is 4.57 Å². The van der Waals surface area contributed by atoms with Crippen LogP contribution in [0.1, 0.15) is 5.56 Å². The lowest BCUT2D eigenvalue weighted by atomic mass is 10.2. The third kappa shape index (κ3) is 2.07. The minimum atomic E-state index is 0.659. The third-order valence-electron chi connectivity index (χ3n) is 3.30. The van der Waals surface area contributed by atoms with E-state index in [2.05, 4.69) is 33.9 Å². The van der Waals surface area contributed by atoms with Crippen LogP contribution >= 0.6 is 28.1 Å². The van der Waals surface area contributed by atoms with E-state index in [9.17, 15) is 0 Å². The quantitative estimate of drug-likeness (QED) is 0.676. The molecule has 0 aliphatic heterocycles. The molecule has 1 N–H and O–H groups in total. The van der Waals surface area contributed by atoms with Crippen LogP contribution in [0.15, 0.2) is 40.9 Å². The zero-order chi connectivity index (χ0) is 14.3. The molecule has 0 aliphatic carbocycles. The van der Waals surface area contributed by atoms with Crippen LogP contribution in [0.4, 0.5) is 0 Å². The van der Waals surface area contributed by atoms with Crippen molar-refractivity contribution < 1.29 is 4.74 Å². The van der Waals surface area contributed by atoms with E-state index in [0.29, 0.717) is 4.77 Å². The Hall–Kier alpha value is -1.59. The molecule has 0 fully saturated rings. The number of rotatable bonds is 2. The monoisotopic (exact) mass is 348 g/mol. The number of aromatic nitrogens is 2. The topological polar surface area (TPSA) is 29.9 Å². The Balaban J connectivity index is 2.33. The molecule has 0 atom stereocenters. The fourth-order valence-corrected chi connectivity index (χ4v) is 2.85. The number of methoxy groups -OCH3 is 1. The first-order chi connectivity index (χ1) is 9.61. The van der Waals surface area contributed by atoms with Crippen LogP contribution in [0, 0.1) is 11.7 Å². The molecule has 3 rings (SSSR count). The van der Waals surface area contributed by atoms with Gasteiger partial charge in [0.15, 0.2) is 4.77 Å². The molecule has 5 heteroatoms. The summed E-state index contributed by atoms with van der Waals surface area (Å²) in [6.45, 7) is 2.06. The number of hydrogen-bond donors (Lipinski definition) is 1. The van der Waals surface area contributed by atoms with Crippen LogP contribution in [0.5, 0.6) is 5.75 Å². The highest BCUT2D eigenvalue weighted by molar-refractivity contribution is 9.10. The van der Waals surface area contributed by atoms with Gasteiger partial charge in [-0.15, -0.1) is 0 Å². The highest BCUT2D eigenvalue weighted by Crippen LogP contribution is 2.28. The summed E-state index contributed by atoms with van der Waals surface area (Å²) in [7, 11) is 1.66. The van der Waals surface area contributed by atoms with Crippen LogP contribution in [-0.2, 0) is 0 Å². The van der Waals surface area contributed by atoms with Crippen molar-refractivity contribution in [2.75, 3.05) is 7.11 Å². The predicted molar refractivity (Wildman–Crippen MR) is 87.4 cm³/mol. The highest BCUT2D eigenvalue weighted by Gasteiger charge is 2.10. The fourth-order valence-electron chi connectivity index (χ4n) is 2.30. The summed E-state index contributed by atoms with van der Waals surface area (Å²) >= 11 is 8.98. The number of ether oxygens (including phenoxy) is 1. The van der Waals surface area contributed by atoms with Crippen molar-refractivity contribution in [2.24, 2.45) is 0 Å². The lowest BCUT2D eigenvalue weighted by molar-refractivity contribution is 0.419. The third-order valence-corrected chi connectivity index (χ3v) is 4.47. The summed E-state index contributed by atoms with van der Waals surface area (Å²) in [6.07, 6.45) is 0. The van der Waals surface area contributed by atoms with Gasteiger partial charge in [0.25, 0.3) is 0 Å². The lowest BCUT2D eigenvalue weighted by Crippen LogP contribution is -1.94. The van der Waals surface area contributed by atoms with Gasteiger partial charge < -0.3 is 9.72 Å². The number of imidazole rings is 1. The van der Waals surface area contributed by atoms with Crippen molar-refractivity contribution in [2.45, 2.75) is 6.92 Å². The first kappa shape index (κ1) is 13.4. The predicted octanol–water partition coefficient (Wildman–Crippen LogP) is 4.77. The molecule has 0 saturated heterocycles. The normalized spacial score (nSPS) is 10.9. The summed E-state index contributed by atoms with van der Waals surface area (Å²) < 4.78 is 9.14. The Labute approximate surface area is 130 Å². The average Bonchev–Trinajstić information content (AvgIpc) is 2.78.